The topological polar surface area (TPSA) is 127 Å². The first-order chi connectivity index (χ1) is 27.5. The van der Waals surface area contributed by atoms with Crippen molar-refractivity contribution in [3.63, 3.8) is 0 Å². The van der Waals surface area contributed by atoms with Crippen molar-refractivity contribution in [3.8, 4) is 68.7 Å². The molecule has 3 unspecified atom stereocenters. The van der Waals surface area contributed by atoms with Crippen molar-refractivity contribution in [1.82, 2.24) is 15.0 Å². The van der Waals surface area contributed by atoms with Gasteiger partial charge in [-0.1, -0.05) is 99.3 Å². The number of benzene rings is 3. The zero-order chi connectivity index (χ0) is 41.5. The third-order valence-corrected chi connectivity index (χ3v) is 11.7. The van der Waals surface area contributed by atoms with Crippen LogP contribution in [0.25, 0.3) is 34.2 Å². The van der Waals surface area contributed by atoms with Gasteiger partial charge in [-0.3, -0.25) is 0 Å². The van der Waals surface area contributed by atoms with E-state index in [2.05, 4.69) is 41.5 Å². The second-order valence-corrected chi connectivity index (χ2v) is 15.7. The van der Waals surface area contributed by atoms with Gasteiger partial charge >= 0.3 is 0 Å². The molecule has 0 aliphatic heterocycles. The summed E-state index contributed by atoms with van der Waals surface area (Å²) in [5.41, 5.74) is 2.87. The number of nitrogens with zero attached hydrogens (tertiary/aromatic N) is 3. The minimum absolute atomic E-state index is 0.00795. The SMILES string of the molecule is CCCC(CC)CCOc1ccc(-c2nc(-c3ccc(OCCC(CC)CCC)c(C)c3O)nc(-c3ccc(OCCC(CC)CCC)c(C)c3O)n2)c(O)c1C. The summed E-state index contributed by atoms with van der Waals surface area (Å²) in [4.78, 5) is 14.4. The highest BCUT2D eigenvalue weighted by atomic mass is 16.5. The maximum atomic E-state index is 11.6. The van der Waals surface area contributed by atoms with Crippen LogP contribution in [0.4, 0.5) is 0 Å². The summed E-state index contributed by atoms with van der Waals surface area (Å²) < 4.78 is 18.5. The summed E-state index contributed by atoms with van der Waals surface area (Å²) in [6.45, 7) is 20.4. The molecule has 0 fully saturated rings. The van der Waals surface area contributed by atoms with Crippen LogP contribution in [0, 0.1) is 38.5 Å². The van der Waals surface area contributed by atoms with Crippen molar-refractivity contribution in [1.29, 1.82) is 0 Å². The minimum Gasteiger partial charge on any atom is -0.507 e. The first-order valence-corrected chi connectivity index (χ1v) is 21.6. The van der Waals surface area contributed by atoms with Crippen LogP contribution in [-0.4, -0.2) is 50.1 Å². The van der Waals surface area contributed by atoms with Gasteiger partial charge < -0.3 is 29.5 Å². The maximum Gasteiger partial charge on any atom is 0.167 e. The molecule has 4 aromatic rings. The van der Waals surface area contributed by atoms with Crippen molar-refractivity contribution in [2.24, 2.45) is 17.8 Å². The molecule has 312 valence electrons. The van der Waals surface area contributed by atoms with Gasteiger partial charge in [0.2, 0.25) is 0 Å². The first kappa shape index (κ1) is 45.2. The van der Waals surface area contributed by atoms with Gasteiger partial charge in [0.15, 0.2) is 17.5 Å². The molecule has 57 heavy (non-hydrogen) atoms. The Bertz CT molecular complexity index is 1650. The predicted octanol–water partition coefficient (Wildman–Crippen LogP) is 12.7. The summed E-state index contributed by atoms with van der Waals surface area (Å²) in [5, 5.41) is 34.8. The summed E-state index contributed by atoms with van der Waals surface area (Å²) >= 11 is 0. The average Bonchev–Trinajstić information content (AvgIpc) is 3.21. The molecule has 1 aromatic heterocycles. The number of phenolic OH excluding ortho intramolecular Hbond substituents is 3. The summed E-state index contributed by atoms with van der Waals surface area (Å²) in [6, 6.07) is 10.8. The van der Waals surface area contributed by atoms with Crippen LogP contribution in [0.15, 0.2) is 36.4 Å². The molecule has 3 aromatic carbocycles. The van der Waals surface area contributed by atoms with Gasteiger partial charge in [-0.25, -0.2) is 15.0 Å². The van der Waals surface area contributed by atoms with Gasteiger partial charge in [-0.2, -0.15) is 0 Å². The highest BCUT2D eigenvalue weighted by Crippen LogP contribution is 2.42. The Morgan fingerprint density at radius 2 is 0.684 bits per heavy atom. The van der Waals surface area contributed by atoms with E-state index in [0.717, 1.165) is 57.8 Å². The van der Waals surface area contributed by atoms with Crippen LogP contribution in [0.2, 0.25) is 0 Å². The standard InChI is InChI=1S/C48H69N3O6/c1-10-16-34(13-4)25-28-55-40-22-19-37(43(52)31(40)7)46-49-47(38-20-23-41(32(8)44(38)53)56-29-26-35(14-5)17-11-2)51-48(50-46)39-21-24-42(33(9)45(39)54)57-30-27-36(15-6)18-12-3/h19-24,34-36,52-54H,10-18,25-30H2,1-9H3. The van der Waals surface area contributed by atoms with Crippen LogP contribution in [0.1, 0.15) is 135 Å². The number of hydrogen-bond acceptors (Lipinski definition) is 9. The van der Waals surface area contributed by atoms with Crippen LogP contribution < -0.4 is 14.2 Å². The lowest BCUT2D eigenvalue weighted by Gasteiger charge is -2.18. The molecule has 0 bridgehead atoms. The lowest BCUT2D eigenvalue weighted by Crippen LogP contribution is -2.08. The second kappa shape index (κ2) is 22.4. The highest BCUT2D eigenvalue weighted by molar-refractivity contribution is 5.77. The number of aromatic nitrogens is 3. The largest absolute Gasteiger partial charge is 0.507 e. The molecule has 0 amide bonds. The van der Waals surface area contributed by atoms with E-state index in [0.29, 0.717) is 88.2 Å². The van der Waals surface area contributed by atoms with Gasteiger partial charge in [-0.05, 0) is 94.2 Å². The Hall–Kier alpha value is -4.53. The summed E-state index contributed by atoms with van der Waals surface area (Å²) in [7, 11) is 0. The normalized spacial score (nSPS) is 13.0. The van der Waals surface area contributed by atoms with Crippen LogP contribution in [0.3, 0.4) is 0 Å². The zero-order valence-electron chi connectivity index (χ0n) is 36.2. The van der Waals surface area contributed by atoms with Crippen molar-refractivity contribution >= 4 is 0 Å². The Kier molecular flexibility index (Phi) is 17.8. The fourth-order valence-corrected chi connectivity index (χ4v) is 7.68. The van der Waals surface area contributed by atoms with Crippen LogP contribution in [-0.2, 0) is 0 Å². The molecule has 4 rings (SSSR count). The Morgan fingerprint density at radius 1 is 0.421 bits per heavy atom. The predicted molar refractivity (Wildman–Crippen MR) is 232 cm³/mol. The molecule has 0 saturated carbocycles. The maximum absolute atomic E-state index is 11.6. The van der Waals surface area contributed by atoms with E-state index in [4.69, 9.17) is 29.2 Å². The van der Waals surface area contributed by atoms with E-state index < -0.39 is 0 Å². The van der Waals surface area contributed by atoms with Gasteiger partial charge in [-0.15, -0.1) is 0 Å². The van der Waals surface area contributed by atoms with Gasteiger partial charge in [0.25, 0.3) is 0 Å². The van der Waals surface area contributed by atoms with Gasteiger partial charge in [0.1, 0.15) is 34.5 Å². The van der Waals surface area contributed by atoms with Crippen molar-refractivity contribution in [2.45, 2.75) is 139 Å². The van der Waals surface area contributed by atoms with E-state index in [9.17, 15) is 15.3 Å². The van der Waals surface area contributed by atoms with Crippen molar-refractivity contribution in [3.05, 3.63) is 53.1 Å². The number of rotatable bonds is 24. The van der Waals surface area contributed by atoms with E-state index in [1.165, 1.54) is 19.3 Å². The zero-order valence-corrected chi connectivity index (χ0v) is 36.2. The molecule has 9 nitrogen and oxygen atoms in total. The molecule has 0 spiro atoms. The van der Waals surface area contributed by atoms with Gasteiger partial charge in [0.05, 0.1) is 36.5 Å². The van der Waals surface area contributed by atoms with E-state index in [1.807, 2.05) is 39.0 Å². The molecule has 0 aliphatic carbocycles. The summed E-state index contributed by atoms with van der Waals surface area (Å²) in [5.74, 6) is 4.15. The molecular weight excluding hydrogens is 715 g/mol. The molecular formula is C48H69N3O6. The van der Waals surface area contributed by atoms with Crippen molar-refractivity contribution < 1.29 is 29.5 Å². The third-order valence-electron chi connectivity index (χ3n) is 11.7. The van der Waals surface area contributed by atoms with E-state index in [-0.39, 0.29) is 34.7 Å². The molecule has 0 radical (unpaired) electrons. The van der Waals surface area contributed by atoms with E-state index in [1.54, 1.807) is 18.2 Å². The Balaban J connectivity index is 1.74. The Labute approximate surface area is 342 Å². The smallest absolute Gasteiger partial charge is 0.167 e. The van der Waals surface area contributed by atoms with Gasteiger partial charge in [0, 0.05) is 16.7 Å². The quantitative estimate of drug-likeness (QED) is 0.0636. The number of phenols is 3. The second-order valence-electron chi connectivity index (χ2n) is 15.7. The fraction of sp³-hybridized carbons (Fsp3) is 0.562. The van der Waals surface area contributed by atoms with Crippen molar-refractivity contribution in [2.75, 3.05) is 19.8 Å². The van der Waals surface area contributed by atoms with Crippen LogP contribution in [0.5, 0.6) is 34.5 Å². The minimum atomic E-state index is -0.00795. The first-order valence-electron chi connectivity index (χ1n) is 21.6. The number of hydrogen-bond donors (Lipinski definition) is 3. The van der Waals surface area contributed by atoms with E-state index >= 15 is 0 Å². The van der Waals surface area contributed by atoms with Crippen LogP contribution >= 0.6 is 0 Å². The molecule has 3 N–H and O–H groups in total. The fourth-order valence-electron chi connectivity index (χ4n) is 7.68. The summed E-state index contributed by atoms with van der Waals surface area (Å²) in [6.07, 6.45) is 13.1. The molecule has 3 atom stereocenters. The lowest BCUT2D eigenvalue weighted by molar-refractivity contribution is 0.265. The lowest BCUT2D eigenvalue weighted by atomic mass is 9.97. The Morgan fingerprint density at radius 3 is 0.912 bits per heavy atom. The molecule has 1 heterocycles. The molecule has 9 heteroatoms. The number of aromatic hydroxyl groups is 3. The molecule has 0 aliphatic rings. The molecule has 0 saturated heterocycles. The number of ether oxygens (including phenoxy) is 3. The average molecular weight is 784 g/mol. The third kappa shape index (κ3) is 11.8. The monoisotopic (exact) mass is 784 g/mol. The highest BCUT2D eigenvalue weighted by Gasteiger charge is 2.23.